The summed E-state index contributed by atoms with van der Waals surface area (Å²) < 4.78 is 30.4. The molecule has 1 aromatic rings. The van der Waals surface area contributed by atoms with Gasteiger partial charge in [-0.05, 0) is 40.8 Å². The maximum atomic E-state index is 10.5. The molecule has 0 atom stereocenters. The normalized spacial score (nSPS) is 11.5. The van der Waals surface area contributed by atoms with E-state index < -0.39 is 10.1 Å². The zero-order valence-electron chi connectivity index (χ0n) is 5.36. The van der Waals surface area contributed by atoms with Crippen LogP contribution in [-0.4, -0.2) is 13.0 Å². The Morgan fingerprint density at radius 2 is 2.00 bits per heavy atom. The van der Waals surface area contributed by atoms with Crippen LogP contribution >= 0.6 is 22.6 Å². The van der Waals surface area contributed by atoms with E-state index in [0.29, 0.717) is 0 Å². The highest BCUT2D eigenvalue weighted by Crippen LogP contribution is 2.11. The maximum absolute atomic E-state index is 10.5. The smallest absolute Gasteiger partial charge is 0.282 e. The fourth-order valence-electron chi connectivity index (χ4n) is 0.627. The SMILES string of the molecule is O=S(=O)(O)c1cccc(I)c1. The monoisotopic (exact) mass is 284 g/mol. The second kappa shape index (κ2) is 3.08. The van der Waals surface area contributed by atoms with Crippen molar-refractivity contribution < 1.29 is 13.0 Å². The molecule has 1 aromatic carbocycles. The van der Waals surface area contributed by atoms with Gasteiger partial charge in [-0.15, -0.1) is 0 Å². The van der Waals surface area contributed by atoms with Gasteiger partial charge in [0.25, 0.3) is 10.1 Å². The van der Waals surface area contributed by atoms with Crippen molar-refractivity contribution in [2.45, 2.75) is 4.90 Å². The molecular weight excluding hydrogens is 279 g/mol. The summed E-state index contributed by atoms with van der Waals surface area (Å²) in [5.74, 6) is 0. The molecular formula is C6H5IO3S. The van der Waals surface area contributed by atoms with Crippen molar-refractivity contribution in [2.75, 3.05) is 0 Å². The molecule has 0 aliphatic rings. The van der Waals surface area contributed by atoms with Gasteiger partial charge in [0.2, 0.25) is 0 Å². The van der Waals surface area contributed by atoms with Gasteiger partial charge in [-0.25, -0.2) is 0 Å². The third-order valence-electron chi connectivity index (χ3n) is 1.09. The van der Waals surface area contributed by atoms with E-state index in [2.05, 4.69) is 0 Å². The lowest BCUT2D eigenvalue weighted by molar-refractivity contribution is 0.483. The van der Waals surface area contributed by atoms with Crippen molar-refractivity contribution in [3.8, 4) is 0 Å². The zero-order valence-corrected chi connectivity index (χ0v) is 8.33. The standard InChI is InChI=1S/C6H5IO3S/c7-5-2-1-3-6(4-5)11(8,9)10/h1-4H,(H,8,9,10). The summed E-state index contributed by atoms with van der Waals surface area (Å²) in [7, 11) is -4.03. The third kappa shape index (κ3) is 2.42. The van der Waals surface area contributed by atoms with Crippen LogP contribution in [0.4, 0.5) is 0 Å². The van der Waals surface area contributed by atoms with E-state index in [1.807, 2.05) is 22.6 Å². The van der Waals surface area contributed by atoms with Gasteiger partial charge in [-0.3, -0.25) is 4.55 Å². The minimum absolute atomic E-state index is 0.0654. The summed E-state index contributed by atoms with van der Waals surface area (Å²) in [5, 5.41) is 0. The van der Waals surface area contributed by atoms with Crippen molar-refractivity contribution >= 4 is 32.7 Å². The molecule has 60 valence electrons. The average Bonchev–Trinajstić information content (AvgIpc) is 1.86. The Bertz CT molecular complexity index is 358. The van der Waals surface area contributed by atoms with E-state index in [4.69, 9.17) is 4.55 Å². The van der Waals surface area contributed by atoms with Crippen LogP contribution in [0.5, 0.6) is 0 Å². The van der Waals surface area contributed by atoms with Crippen LogP contribution in [0.1, 0.15) is 0 Å². The highest BCUT2D eigenvalue weighted by molar-refractivity contribution is 14.1. The summed E-state index contributed by atoms with van der Waals surface area (Å²) in [6.45, 7) is 0. The molecule has 0 saturated heterocycles. The summed E-state index contributed by atoms with van der Waals surface area (Å²) >= 11 is 1.97. The highest BCUT2D eigenvalue weighted by atomic mass is 127. The highest BCUT2D eigenvalue weighted by Gasteiger charge is 2.07. The predicted molar refractivity (Wildman–Crippen MR) is 49.0 cm³/mol. The van der Waals surface area contributed by atoms with E-state index in [9.17, 15) is 8.42 Å². The fraction of sp³-hybridized carbons (Fsp3) is 0. The van der Waals surface area contributed by atoms with Crippen molar-refractivity contribution in [3.05, 3.63) is 27.8 Å². The van der Waals surface area contributed by atoms with E-state index in [0.717, 1.165) is 3.57 Å². The molecule has 0 radical (unpaired) electrons. The number of halogens is 1. The molecule has 1 N–H and O–H groups in total. The van der Waals surface area contributed by atoms with Gasteiger partial charge >= 0.3 is 0 Å². The molecule has 0 aliphatic carbocycles. The summed E-state index contributed by atoms with van der Waals surface area (Å²) in [4.78, 5) is -0.0654. The van der Waals surface area contributed by atoms with Gasteiger partial charge in [0, 0.05) is 3.57 Å². The molecule has 0 bridgehead atoms. The molecule has 0 amide bonds. The van der Waals surface area contributed by atoms with Gasteiger partial charge in [0.1, 0.15) is 0 Å². The molecule has 0 aliphatic heterocycles. The van der Waals surface area contributed by atoms with Crippen LogP contribution in [0, 0.1) is 3.57 Å². The van der Waals surface area contributed by atoms with E-state index >= 15 is 0 Å². The molecule has 11 heavy (non-hydrogen) atoms. The lowest BCUT2D eigenvalue weighted by Crippen LogP contribution is -1.97. The first-order chi connectivity index (χ1) is 5.00. The predicted octanol–water partition coefficient (Wildman–Crippen LogP) is 1.54. The number of rotatable bonds is 1. The minimum atomic E-state index is -4.03. The Labute approximate surface area is 78.3 Å². The first-order valence-corrected chi connectivity index (χ1v) is 5.25. The zero-order chi connectivity index (χ0) is 8.48. The Kier molecular flexibility index (Phi) is 2.50. The van der Waals surface area contributed by atoms with Gasteiger partial charge in [0.15, 0.2) is 0 Å². The minimum Gasteiger partial charge on any atom is -0.282 e. The van der Waals surface area contributed by atoms with Crippen LogP contribution in [-0.2, 0) is 10.1 Å². The van der Waals surface area contributed by atoms with Gasteiger partial charge < -0.3 is 0 Å². The largest absolute Gasteiger partial charge is 0.294 e. The Balaban J connectivity index is 3.28. The van der Waals surface area contributed by atoms with Crippen LogP contribution < -0.4 is 0 Å². The molecule has 0 heterocycles. The number of hydrogen-bond acceptors (Lipinski definition) is 2. The lowest BCUT2D eigenvalue weighted by atomic mass is 10.4. The van der Waals surface area contributed by atoms with Crippen LogP contribution in [0.3, 0.4) is 0 Å². The van der Waals surface area contributed by atoms with Crippen molar-refractivity contribution in [1.29, 1.82) is 0 Å². The second-order valence-electron chi connectivity index (χ2n) is 1.93. The molecule has 1 rings (SSSR count). The first-order valence-electron chi connectivity index (χ1n) is 2.73. The first kappa shape index (κ1) is 8.95. The lowest BCUT2D eigenvalue weighted by Gasteiger charge is -1.95. The quantitative estimate of drug-likeness (QED) is 0.628. The van der Waals surface area contributed by atoms with Crippen LogP contribution in [0.15, 0.2) is 29.2 Å². The Hall–Kier alpha value is -0.140. The number of benzene rings is 1. The second-order valence-corrected chi connectivity index (χ2v) is 4.60. The fourth-order valence-corrected chi connectivity index (χ4v) is 1.91. The van der Waals surface area contributed by atoms with Crippen molar-refractivity contribution in [1.82, 2.24) is 0 Å². The molecule has 0 unspecified atom stereocenters. The molecule has 0 fully saturated rings. The van der Waals surface area contributed by atoms with E-state index in [1.165, 1.54) is 12.1 Å². The summed E-state index contributed by atoms with van der Waals surface area (Å²) in [5.41, 5.74) is 0. The summed E-state index contributed by atoms with van der Waals surface area (Å²) in [6, 6.07) is 6.06. The van der Waals surface area contributed by atoms with Crippen LogP contribution in [0.25, 0.3) is 0 Å². The Morgan fingerprint density at radius 3 is 2.36 bits per heavy atom. The maximum Gasteiger partial charge on any atom is 0.294 e. The van der Waals surface area contributed by atoms with Gasteiger partial charge in [-0.1, -0.05) is 6.07 Å². The summed E-state index contributed by atoms with van der Waals surface area (Å²) in [6.07, 6.45) is 0. The van der Waals surface area contributed by atoms with Crippen molar-refractivity contribution in [3.63, 3.8) is 0 Å². The van der Waals surface area contributed by atoms with Gasteiger partial charge in [0.05, 0.1) is 4.90 Å². The molecule has 0 spiro atoms. The van der Waals surface area contributed by atoms with Crippen LogP contribution in [0.2, 0.25) is 0 Å². The molecule has 3 nitrogen and oxygen atoms in total. The van der Waals surface area contributed by atoms with E-state index in [1.54, 1.807) is 12.1 Å². The molecule has 0 aromatic heterocycles. The van der Waals surface area contributed by atoms with Gasteiger partial charge in [-0.2, -0.15) is 8.42 Å². The van der Waals surface area contributed by atoms with E-state index in [-0.39, 0.29) is 4.90 Å². The molecule has 5 heteroatoms. The van der Waals surface area contributed by atoms with Crippen molar-refractivity contribution in [2.24, 2.45) is 0 Å². The Morgan fingerprint density at radius 1 is 1.36 bits per heavy atom. The third-order valence-corrected chi connectivity index (χ3v) is 2.61. The average molecular weight is 284 g/mol. The topological polar surface area (TPSA) is 54.4 Å². The molecule has 0 saturated carbocycles. The number of hydrogen-bond donors (Lipinski definition) is 1.